The van der Waals surface area contributed by atoms with E-state index in [1.165, 1.54) is 6.92 Å². The number of fused-ring (bicyclic) bond motifs is 5. The fraction of sp³-hybridized carbons (Fsp3) is 0.250. The van der Waals surface area contributed by atoms with Crippen LogP contribution in [-0.2, 0) is 16.2 Å². The normalized spacial score (nSPS) is 14.0. The Kier molecular flexibility index (Phi) is 5.24. The predicted octanol–water partition coefficient (Wildman–Crippen LogP) is 5.63. The molecule has 0 atom stereocenters. The van der Waals surface area contributed by atoms with E-state index in [0.29, 0.717) is 17.0 Å². The van der Waals surface area contributed by atoms with Crippen molar-refractivity contribution < 1.29 is 19.2 Å². The minimum Gasteiger partial charge on any atom is -0.486 e. The van der Waals surface area contributed by atoms with Crippen molar-refractivity contribution in [2.45, 2.75) is 41.2 Å². The summed E-state index contributed by atoms with van der Waals surface area (Å²) in [5.41, 5.74) is 7.93. The number of hydrogen-bond acceptors (Lipinski definition) is 5. The highest BCUT2D eigenvalue weighted by molar-refractivity contribution is 6.20. The number of aromatic nitrogens is 1. The molecule has 4 aromatic rings. The SMILES string of the molecule is CCn1c2ccc(C(=O)c3c(C)cc(C)cc3C)cc2c2c3c(ccc21)/C(=N/OC(C)=O)CO3. The lowest BCUT2D eigenvalue weighted by Gasteiger charge is -2.11. The van der Waals surface area contributed by atoms with Crippen molar-refractivity contribution in [3.8, 4) is 5.75 Å². The van der Waals surface area contributed by atoms with Crippen LogP contribution in [0.1, 0.15) is 52.0 Å². The Balaban J connectivity index is 1.72. The van der Waals surface area contributed by atoms with Crippen LogP contribution in [0.25, 0.3) is 21.8 Å². The Bertz CT molecular complexity index is 1520. The number of ketones is 1. The van der Waals surface area contributed by atoms with Crippen LogP contribution in [-0.4, -0.2) is 28.6 Å². The zero-order valence-corrected chi connectivity index (χ0v) is 20.0. The summed E-state index contributed by atoms with van der Waals surface area (Å²) in [6, 6.07) is 14.0. The molecule has 0 saturated heterocycles. The second kappa shape index (κ2) is 8.13. The van der Waals surface area contributed by atoms with Gasteiger partial charge in [0.15, 0.2) is 5.78 Å². The first kappa shape index (κ1) is 21.9. The van der Waals surface area contributed by atoms with Crippen molar-refractivity contribution in [1.82, 2.24) is 4.57 Å². The molecular formula is C28H26N2O4. The molecule has 6 nitrogen and oxygen atoms in total. The Morgan fingerprint density at radius 1 is 1.03 bits per heavy atom. The molecular weight excluding hydrogens is 428 g/mol. The van der Waals surface area contributed by atoms with Crippen LogP contribution >= 0.6 is 0 Å². The van der Waals surface area contributed by atoms with Gasteiger partial charge in [0.2, 0.25) is 0 Å². The van der Waals surface area contributed by atoms with Gasteiger partial charge in [-0.1, -0.05) is 22.9 Å². The molecule has 1 aliphatic rings. The third kappa shape index (κ3) is 3.37. The number of nitrogens with zero attached hydrogens (tertiary/aromatic N) is 2. The van der Waals surface area contributed by atoms with Crippen LogP contribution < -0.4 is 4.74 Å². The smallest absolute Gasteiger partial charge is 0.331 e. The van der Waals surface area contributed by atoms with Crippen molar-refractivity contribution in [3.63, 3.8) is 0 Å². The predicted molar refractivity (Wildman–Crippen MR) is 133 cm³/mol. The molecule has 1 aliphatic heterocycles. The molecule has 3 aromatic carbocycles. The summed E-state index contributed by atoms with van der Waals surface area (Å²) in [4.78, 5) is 29.7. The molecule has 0 N–H and O–H groups in total. The molecule has 5 rings (SSSR count). The molecule has 0 bridgehead atoms. The third-order valence-electron chi connectivity index (χ3n) is 6.41. The molecule has 0 saturated carbocycles. The van der Waals surface area contributed by atoms with Crippen LogP contribution in [0.2, 0.25) is 0 Å². The summed E-state index contributed by atoms with van der Waals surface area (Å²) in [6.07, 6.45) is 0. The van der Waals surface area contributed by atoms with Crippen LogP contribution in [0.3, 0.4) is 0 Å². The van der Waals surface area contributed by atoms with Gasteiger partial charge >= 0.3 is 5.97 Å². The average Bonchev–Trinajstić information content (AvgIpc) is 3.34. The first-order chi connectivity index (χ1) is 16.3. The number of aryl methyl sites for hydroxylation is 4. The van der Waals surface area contributed by atoms with E-state index >= 15 is 0 Å². The molecule has 0 aliphatic carbocycles. The first-order valence-electron chi connectivity index (χ1n) is 11.4. The highest BCUT2D eigenvalue weighted by Crippen LogP contribution is 2.41. The summed E-state index contributed by atoms with van der Waals surface area (Å²) in [5, 5.41) is 5.86. The monoisotopic (exact) mass is 454 g/mol. The van der Waals surface area contributed by atoms with Crippen LogP contribution in [0.4, 0.5) is 0 Å². The Morgan fingerprint density at radius 2 is 1.74 bits per heavy atom. The van der Waals surface area contributed by atoms with E-state index in [1.807, 2.05) is 63.2 Å². The molecule has 2 heterocycles. The van der Waals surface area contributed by atoms with Gasteiger partial charge in [0.25, 0.3) is 0 Å². The minimum atomic E-state index is -0.477. The highest BCUT2D eigenvalue weighted by atomic mass is 16.7. The lowest BCUT2D eigenvalue weighted by atomic mass is 9.92. The topological polar surface area (TPSA) is 69.9 Å². The van der Waals surface area contributed by atoms with E-state index in [-0.39, 0.29) is 12.4 Å². The first-order valence-corrected chi connectivity index (χ1v) is 11.4. The number of oxime groups is 1. The van der Waals surface area contributed by atoms with E-state index in [0.717, 1.165) is 56.2 Å². The van der Waals surface area contributed by atoms with Crippen molar-refractivity contribution >= 4 is 39.3 Å². The highest BCUT2D eigenvalue weighted by Gasteiger charge is 2.27. The standard InChI is InChI=1S/C28H26N2O4/c1-6-30-23-9-7-19(27(32)25-16(3)11-15(2)12-17(25)4)13-21(23)26-24(30)10-8-20-22(14-33-28(20)26)29-34-18(5)31/h7-13H,6,14H2,1-5H3/b29-22+. The Labute approximate surface area is 197 Å². The minimum absolute atomic E-state index is 0.0138. The molecule has 34 heavy (non-hydrogen) atoms. The zero-order chi connectivity index (χ0) is 24.1. The molecule has 1 aromatic heterocycles. The lowest BCUT2D eigenvalue weighted by Crippen LogP contribution is -2.07. The summed E-state index contributed by atoms with van der Waals surface area (Å²) < 4.78 is 8.25. The largest absolute Gasteiger partial charge is 0.486 e. The third-order valence-corrected chi connectivity index (χ3v) is 6.41. The summed E-state index contributed by atoms with van der Waals surface area (Å²) in [7, 11) is 0. The number of hydrogen-bond donors (Lipinski definition) is 0. The second-order valence-electron chi connectivity index (χ2n) is 8.82. The van der Waals surface area contributed by atoms with Gasteiger partial charge in [-0.05, 0) is 69.2 Å². The number of ether oxygens (including phenoxy) is 1. The van der Waals surface area contributed by atoms with Gasteiger partial charge in [0, 0.05) is 41.1 Å². The van der Waals surface area contributed by atoms with Gasteiger partial charge in [0.1, 0.15) is 18.1 Å². The number of carbonyl (C=O) groups excluding carboxylic acids is 2. The van der Waals surface area contributed by atoms with Crippen LogP contribution in [0, 0.1) is 20.8 Å². The molecule has 0 unspecified atom stereocenters. The maximum atomic E-state index is 13.6. The number of carbonyl (C=O) groups is 2. The summed E-state index contributed by atoms with van der Waals surface area (Å²) in [5.74, 6) is 0.238. The zero-order valence-electron chi connectivity index (χ0n) is 20.0. The number of benzene rings is 3. The number of rotatable bonds is 4. The van der Waals surface area contributed by atoms with Gasteiger partial charge in [-0.3, -0.25) is 4.79 Å². The molecule has 0 spiro atoms. The molecule has 0 amide bonds. The summed E-state index contributed by atoms with van der Waals surface area (Å²) >= 11 is 0. The van der Waals surface area contributed by atoms with E-state index in [4.69, 9.17) is 9.57 Å². The van der Waals surface area contributed by atoms with Crippen molar-refractivity contribution in [2.75, 3.05) is 6.61 Å². The van der Waals surface area contributed by atoms with E-state index in [9.17, 15) is 9.59 Å². The van der Waals surface area contributed by atoms with Gasteiger partial charge in [-0.15, -0.1) is 0 Å². The van der Waals surface area contributed by atoms with Crippen molar-refractivity contribution in [2.24, 2.45) is 5.16 Å². The maximum absolute atomic E-state index is 13.6. The maximum Gasteiger partial charge on any atom is 0.331 e. The van der Waals surface area contributed by atoms with Crippen LogP contribution in [0.5, 0.6) is 5.75 Å². The van der Waals surface area contributed by atoms with E-state index in [2.05, 4.69) is 16.6 Å². The lowest BCUT2D eigenvalue weighted by molar-refractivity contribution is -0.140. The Hall–Kier alpha value is -3.93. The van der Waals surface area contributed by atoms with Gasteiger partial charge in [-0.2, -0.15) is 0 Å². The fourth-order valence-corrected chi connectivity index (χ4v) is 5.11. The van der Waals surface area contributed by atoms with E-state index in [1.54, 1.807) is 0 Å². The van der Waals surface area contributed by atoms with Crippen molar-refractivity contribution in [1.29, 1.82) is 0 Å². The quantitative estimate of drug-likeness (QED) is 0.228. The van der Waals surface area contributed by atoms with Crippen LogP contribution in [0.15, 0.2) is 47.6 Å². The molecule has 0 radical (unpaired) electrons. The van der Waals surface area contributed by atoms with Gasteiger partial charge < -0.3 is 14.1 Å². The van der Waals surface area contributed by atoms with Crippen molar-refractivity contribution in [3.05, 3.63) is 75.8 Å². The summed E-state index contributed by atoms with van der Waals surface area (Å²) in [6.45, 7) is 10.4. The average molecular weight is 455 g/mol. The van der Waals surface area contributed by atoms with E-state index < -0.39 is 5.97 Å². The fourth-order valence-electron chi connectivity index (χ4n) is 5.11. The second-order valence-corrected chi connectivity index (χ2v) is 8.82. The van der Waals surface area contributed by atoms with Gasteiger partial charge in [0.05, 0.1) is 10.9 Å². The molecule has 6 heteroatoms. The van der Waals surface area contributed by atoms with Gasteiger partial charge in [-0.25, -0.2) is 4.79 Å². The Morgan fingerprint density at radius 3 is 2.41 bits per heavy atom. The molecule has 172 valence electrons. The molecule has 0 fully saturated rings.